The van der Waals surface area contributed by atoms with Gasteiger partial charge in [-0.05, 0) is 23.6 Å². The zero-order chi connectivity index (χ0) is 23.6. The summed E-state index contributed by atoms with van der Waals surface area (Å²) >= 11 is 0.853. The van der Waals surface area contributed by atoms with Crippen LogP contribution in [0.5, 0.6) is 0 Å². The first-order chi connectivity index (χ1) is 15.2. The third-order valence-electron chi connectivity index (χ3n) is 5.61. The molecule has 1 aliphatic carbocycles. The summed E-state index contributed by atoms with van der Waals surface area (Å²) in [7, 11) is 1.17. The lowest BCUT2D eigenvalue weighted by molar-refractivity contribution is -0.340. The first-order valence-corrected chi connectivity index (χ1v) is 10.9. The van der Waals surface area contributed by atoms with Gasteiger partial charge in [0, 0.05) is 5.92 Å². The highest BCUT2D eigenvalue weighted by Crippen LogP contribution is 2.45. The minimum Gasteiger partial charge on any atom is -0.471 e. The molecule has 3 aliphatic rings. The Morgan fingerprint density at radius 3 is 2.44 bits per heavy atom. The third-order valence-corrected chi connectivity index (χ3v) is 6.06. The van der Waals surface area contributed by atoms with E-state index in [0.29, 0.717) is 5.57 Å². The van der Waals surface area contributed by atoms with E-state index in [0.717, 1.165) is 18.0 Å². The number of carbonyl (C=O) groups excluding carboxylic acids is 2. The van der Waals surface area contributed by atoms with Gasteiger partial charge < -0.3 is 49.2 Å². The second-order valence-electron chi connectivity index (χ2n) is 7.43. The molecule has 13 heteroatoms. The van der Waals surface area contributed by atoms with Gasteiger partial charge in [0.1, 0.15) is 31.0 Å². The number of thioether (sulfide) groups is 1. The number of hydrogen-bond acceptors (Lipinski definition) is 13. The summed E-state index contributed by atoms with van der Waals surface area (Å²) in [6.45, 7) is -0.868. The number of aliphatic hydroxyl groups is 5. The monoisotopic (exact) mass is 478 g/mol. The van der Waals surface area contributed by atoms with Crippen LogP contribution in [-0.4, -0.2) is 106 Å². The largest absolute Gasteiger partial charge is 0.471 e. The molecule has 0 aromatic carbocycles. The van der Waals surface area contributed by atoms with E-state index in [1.807, 2.05) is 0 Å². The van der Waals surface area contributed by atoms with Crippen LogP contribution in [0.1, 0.15) is 0 Å². The van der Waals surface area contributed by atoms with Gasteiger partial charge in [0.05, 0.1) is 37.6 Å². The number of carbonyl (C=O) groups is 2. The maximum atomic E-state index is 12.2. The molecule has 0 bridgehead atoms. The topological polar surface area (TPSA) is 181 Å². The van der Waals surface area contributed by atoms with Crippen molar-refractivity contribution in [2.24, 2.45) is 11.8 Å². The summed E-state index contributed by atoms with van der Waals surface area (Å²) in [5, 5.41) is 49.6. The van der Waals surface area contributed by atoms with E-state index < -0.39 is 72.8 Å². The van der Waals surface area contributed by atoms with Crippen molar-refractivity contribution in [3.05, 3.63) is 23.5 Å². The summed E-state index contributed by atoms with van der Waals surface area (Å²) < 4.78 is 26.5. The molecule has 9 atom stereocenters. The van der Waals surface area contributed by atoms with Gasteiger partial charge in [-0.25, -0.2) is 9.59 Å². The van der Waals surface area contributed by atoms with E-state index in [-0.39, 0.29) is 12.2 Å². The van der Waals surface area contributed by atoms with E-state index in [1.54, 1.807) is 0 Å². The van der Waals surface area contributed by atoms with Gasteiger partial charge >= 0.3 is 11.3 Å². The van der Waals surface area contributed by atoms with Crippen LogP contribution < -0.4 is 0 Å². The van der Waals surface area contributed by atoms with Crippen LogP contribution in [0.15, 0.2) is 23.5 Å². The summed E-state index contributed by atoms with van der Waals surface area (Å²) in [6, 6.07) is 0. The van der Waals surface area contributed by atoms with Crippen LogP contribution in [0.3, 0.4) is 0 Å². The molecule has 0 saturated carbocycles. The Morgan fingerprint density at radius 1 is 1.09 bits per heavy atom. The highest BCUT2D eigenvalue weighted by Gasteiger charge is 2.52. The Bertz CT molecular complexity index is 767. The zero-order valence-electron chi connectivity index (χ0n) is 17.3. The number of aliphatic hydroxyl groups excluding tert-OH is 5. The smallest absolute Gasteiger partial charge is 0.367 e. The Kier molecular flexibility index (Phi) is 8.16. The van der Waals surface area contributed by atoms with Gasteiger partial charge in [-0.3, -0.25) is 0 Å². The molecule has 0 aromatic rings. The second kappa shape index (κ2) is 10.5. The van der Waals surface area contributed by atoms with Crippen molar-refractivity contribution in [1.82, 2.24) is 0 Å². The summed E-state index contributed by atoms with van der Waals surface area (Å²) in [4.78, 5) is 23.8. The summed E-state index contributed by atoms with van der Waals surface area (Å²) in [5.41, 5.74) is 0.426. The minimum absolute atomic E-state index is 0.0288. The van der Waals surface area contributed by atoms with Gasteiger partial charge in [-0.15, -0.1) is 0 Å². The van der Waals surface area contributed by atoms with Crippen LogP contribution >= 0.6 is 11.8 Å². The number of methoxy groups -OCH3 is 1. The molecule has 0 radical (unpaired) electrons. The Labute approximate surface area is 187 Å². The van der Waals surface area contributed by atoms with Crippen molar-refractivity contribution in [2.75, 3.05) is 26.6 Å². The molecular weight excluding hydrogens is 452 g/mol. The van der Waals surface area contributed by atoms with E-state index in [9.17, 15) is 35.1 Å². The minimum atomic E-state index is -1.69. The lowest BCUT2D eigenvalue weighted by Gasteiger charge is -2.43. The predicted octanol–water partition coefficient (Wildman–Crippen LogP) is -1.75. The van der Waals surface area contributed by atoms with Gasteiger partial charge in [0.2, 0.25) is 6.29 Å². The fourth-order valence-corrected chi connectivity index (χ4v) is 4.16. The summed E-state index contributed by atoms with van der Waals surface area (Å²) in [6.07, 6.45) is -6.03. The Balaban J connectivity index is 1.86. The first kappa shape index (κ1) is 24.9. The van der Waals surface area contributed by atoms with Gasteiger partial charge in [-0.1, -0.05) is 6.08 Å². The van der Waals surface area contributed by atoms with E-state index in [1.165, 1.54) is 19.4 Å². The van der Waals surface area contributed by atoms with Crippen molar-refractivity contribution in [3.63, 3.8) is 0 Å². The molecule has 0 amide bonds. The molecule has 12 nitrogen and oxygen atoms in total. The Morgan fingerprint density at radius 2 is 1.81 bits per heavy atom. The molecule has 1 saturated heterocycles. The number of esters is 1. The zero-order valence-corrected chi connectivity index (χ0v) is 18.1. The summed E-state index contributed by atoms with van der Waals surface area (Å²) in [5.74, 6) is -2.44. The standard InChI is InChI=1S/C19H26O12S/c1-27-16(25)8-6-28-17(31-18-15(24)14(23)13(22)10(4-20)30-18)11-7(3-9(21)12(8)11)5-29-19(26)32-2/h3,6,9-15,17-18,20-24H,4-5H2,1-2H3. The van der Waals surface area contributed by atoms with E-state index in [4.69, 9.17) is 23.7 Å². The van der Waals surface area contributed by atoms with Gasteiger partial charge in [0.15, 0.2) is 6.29 Å². The number of hydrogen-bond donors (Lipinski definition) is 5. The van der Waals surface area contributed by atoms with E-state index in [2.05, 4.69) is 0 Å². The SMILES string of the molecule is COC(=O)C1=COC(OC2OC(CO)C(O)C(O)C2O)C2C(COC(=O)SC)=CC(O)C12. The molecule has 9 unspecified atom stereocenters. The van der Waals surface area contributed by atoms with Crippen molar-refractivity contribution in [3.8, 4) is 0 Å². The molecule has 5 N–H and O–H groups in total. The normalized spacial score (nSPS) is 38.8. The maximum absolute atomic E-state index is 12.2. The third kappa shape index (κ3) is 4.79. The average Bonchev–Trinajstić information content (AvgIpc) is 3.14. The molecule has 32 heavy (non-hydrogen) atoms. The number of fused-ring (bicyclic) bond motifs is 1. The molecule has 1 fully saturated rings. The molecule has 0 aromatic heterocycles. The molecule has 180 valence electrons. The molecule has 2 heterocycles. The number of ether oxygens (including phenoxy) is 5. The maximum Gasteiger partial charge on any atom is 0.367 e. The average molecular weight is 478 g/mol. The quantitative estimate of drug-likeness (QED) is 0.214. The second-order valence-corrected chi connectivity index (χ2v) is 8.17. The lowest BCUT2D eigenvalue weighted by Crippen LogP contribution is -2.60. The van der Waals surface area contributed by atoms with Crippen molar-refractivity contribution >= 4 is 23.0 Å². The highest BCUT2D eigenvalue weighted by molar-refractivity contribution is 8.12. The Hall–Kier alpha value is -1.71. The molecule has 0 spiro atoms. The number of rotatable bonds is 6. The lowest BCUT2D eigenvalue weighted by atomic mass is 9.82. The van der Waals surface area contributed by atoms with Crippen LogP contribution in [0, 0.1) is 11.8 Å². The highest BCUT2D eigenvalue weighted by atomic mass is 32.2. The first-order valence-electron chi connectivity index (χ1n) is 9.72. The molecule has 3 rings (SSSR count). The van der Waals surface area contributed by atoms with Crippen molar-refractivity contribution in [1.29, 1.82) is 0 Å². The van der Waals surface area contributed by atoms with Crippen molar-refractivity contribution < 1.29 is 58.8 Å². The predicted molar refractivity (Wildman–Crippen MR) is 106 cm³/mol. The van der Waals surface area contributed by atoms with Gasteiger partial charge in [0.25, 0.3) is 0 Å². The van der Waals surface area contributed by atoms with Crippen molar-refractivity contribution in [2.45, 2.75) is 43.1 Å². The fourth-order valence-electron chi connectivity index (χ4n) is 3.98. The fraction of sp³-hybridized carbons (Fsp3) is 0.684. The molecular formula is C19H26O12S. The van der Waals surface area contributed by atoms with Crippen LogP contribution in [0.4, 0.5) is 4.79 Å². The molecule has 2 aliphatic heterocycles. The van der Waals surface area contributed by atoms with Crippen LogP contribution in [0.2, 0.25) is 0 Å². The van der Waals surface area contributed by atoms with Crippen LogP contribution in [0.25, 0.3) is 0 Å². The van der Waals surface area contributed by atoms with E-state index >= 15 is 0 Å². The van der Waals surface area contributed by atoms with Gasteiger partial charge in [-0.2, -0.15) is 0 Å². The van der Waals surface area contributed by atoms with Crippen LogP contribution in [-0.2, 0) is 28.5 Å².